The average molecular weight is 281 g/mol. The van der Waals surface area contributed by atoms with Gasteiger partial charge < -0.3 is 4.74 Å². The van der Waals surface area contributed by atoms with Crippen LogP contribution >= 0.6 is 0 Å². The van der Waals surface area contributed by atoms with E-state index in [1.807, 2.05) is 27.8 Å². The number of aryl methyl sites for hydroxylation is 1. The first kappa shape index (κ1) is 16.7. The van der Waals surface area contributed by atoms with E-state index in [-0.39, 0.29) is 5.97 Å². The highest BCUT2D eigenvalue weighted by molar-refractivity contribution is 5.82. The monoisotopic (exact) mass is 281 g/mol. The molecule has 114 valence electrons. The first-order chi connectivity index (χ1) is 9.41. The Balaban J connectivity index is 3.21. The van der Waals surface area contributed by atoms with Gasteiger partial charge in [-0.15, -0.1) is 0 Å². The Morgan fingerprint density at radius 3 is 2.35 bits per heavy atom. The van der Waals surface area contributed by atoms with Crippen molar-refractivity contribution in [3.8, 4) is 0 Å². The molecule has 0 N–H and O–H groups in total. The lowest BCUT2D eigenvalue weighted by molar-refractivity contribution is -0.151. The second-order valence-corrected chi connectivity index (χ2v) is 5.58. The van der Waals surface area contributed by atoms with Crippen LogP contribution in [0, 0.1) is 5.92 Å². The van der Waals surface area contributed by atoms with E-state index >= 15 is 0 Å². The standard InChI is InChI=1S/C15H27N3O2/c1-7-15(8-2,14(19)20-9-3)13-16-12(10-11(4)5)17-18(13)6/h11H,7-10H2,1-6H3. The molecule has 0 amide bonds. The second kappa shape index (κ2) is 6.86. The molecular weight excluding hydrogens is 254 g/mol. The third-order valence-electron chi connectivity index (χ3n) is 3.70. The number of hydrogen-bond donors (Lipinski definition) is 0. The Bertz CT molecular complexity index is 448. The number of rotatable bonds is 7. The van der Waals surface area contributed by atoms with Crippen molar-refractivity contribution < 1.29 is 9.53 Å². The van der Waals surface area contributed by atoms with E-state index in [1.54, 1.807) is 4.68 Å². The van der Waals surface area contributed by atoms with Gasteiger partial charge in [0.05, 0.1) is 6.61 Å². The number of esters is 1. The van der Waals surface area contributed by atoms with E-state index in [9.17, 15) is 4.79 Å². The lowest BCUT2D eigenvalue weighted by atomic mass is 9.81. The van der Waals surface area contributed by atoms with Crippen LogP contribution in [0.4, 0.5) is 0 Å². The fraction of sp³-hybridized carbons (Fsp3) is 0.800. The van der Waals surface area contributed by atoms with Crippen LogP contribution in [-0.2, 0) is 28.4 Å². The SMILES string of the molecule is CCOC(=O)C(CC)(CC)c1nc(CC(C)C)nn1C. The van der Waals surface area contributed by atoms with Crippen molar-refractivity contribution in [3.63, 3.8) is 0 Å². The smallest absolute Gasteiger partial charge is 0.319 e. The normalized spacial score (nSPS) is 11.9. The molecule has 1 aromatic rings. The zero-order valence-corrected chi connectivity index (χ0v) is 13.6. The van der Waals surface area contributed by atoms with Crippen molar-refractivity contribution in [2.45, 2.75) is 59.3 Å². The molecule has 0 saturated heterocycles. The summed E-state index contributed by atoms with van der Waals surface area (Å²) in [5.41, 5.74) is -0.688. The van der Waals surface area contributed by atoms with Crippen molar-refractivity contribution in [2.24, 2.45) is 13.0 Å². The van der Waals surface area contributed by atoms with Gasteiger partial charge in [0.2, 0.25) is 0 Å². The first-order valence-corrected chi connectivity index (χ1v) is 7.48. The molecule has 0 aliphatic carbocycles. The summed E-state index contributed by atoms with van der Waals surface area (Å²) >= 11 is 0. The van der Waals surface area contributed by atoms with Crippen LogP contribution in [0.2, 0.25) is 0 Å². The van der Waals surface area contributed by atoms with E-state index in [2.05, 4.69) is 23.9 Å². The molecule has 1 heterocycles. The summed E-state index contributed by atoms with van der Waals surface area (Å²) < 4.78 is 7.01. The van der Waals surface area contributed by atoms with Crippen LogP contribution in [0.25, 0.3) is 0 Å². The largest absolute Gasteiger partial charge is 0.465 e. The molecule has 0 spiro atoms. The van der Waals surface area contributed by atoms with Gasteiger partial charge in [-0.05, 0) is 25.7 Å². The Morgan fingerprint density at radius 2 is 1.90 bits per heavy atom. The number of carbonyl (C=O) groups is 1. The summed E-state index contributed by atoms with van der Waals surface area (Å²) in [4.78, 5) is 17.0. The van der Waals surface area contributed by atoms with Crippen LogP contribution in [0.3, 0.4) is 0 Å². The molecule has 0 atom stereocenters. The summed E-state index contributed by atoms with van der Waals surface area (Å²) in [7, 11) is 1.85. The fourth-order valence-electron chi connectivity index (χ4n) is 2.52. The number of carbonyl (C=O) groups excluding carboxylic acids is 1. The van der Waals surface area contributed by atoms with Gasteiger partial charge in [0, 0.05) is 13.5 Å². The molecule has 0 radical (unpaired) electrons. The van der Waals surface area contributed by atoms with E-state index in [0.29, 0.717) is 25.4 Å². The van der Waals surface area contributed by atoms with Gasteiger partial charge in [0.15, 0.2) is 5.82 Å². The third-order valence-corrected chi connectivity index (χ3v) is 3.70. The highest BCUT2D eigenvalue weighted by atomic mass is 16.5. The Morgan fingerprint density at radius 1 is 1.30 bits per heavy atom. The molecular formula is C15H27N3O2. The topological polar surface area (TPSA) is 57.0 Å². The van der Waals surface area contributed by atoms with E-state index in [4.69, 9.17) is 4.74 Å². The van der Waals surface area contributed by atoms with Gasteiger partial charge in [0.1, 0.15) is 11.2 Å². The minimum absolute atomic E-state index is 0.198. The number of ether oxygens (including phenoxy) is 1. The molecule has 0 unspecified atom stereocenters. The average Bonchev–Trinajstić information content (AvgIpc) is 2.73. The molecule has 0 fully saturated rings. The van der Waals surface area contributed by atoms with Crippen molar-refractivity contribution in [3.05, 3.63) is 11.6 Å². The minimum Gasteiger partial charge on any atom is -0.465 e. The van der Waals surface area contributed by atoms with E-state index in [1.165, 1.54) is 0 Å². The Labute approximate surface area is 121 Å². The van der Waals surface area contributed by atoms with Crippen LogP contribution in [0.15, 0.2) is 0 Å². The quantitative estimate of drug-likeness (QED) is 0.721. The molecule has 0 aliphatic heterocycles. The second-order valence-electron chi connectivity index (χ2n) is 5.58. The van der Waals surface area contributed by atoms with Gasteiger partial charge in [-0.1, -0.05) is 27.7 Å². The maximum Gasteiger partial charge on any atom is 0.319 e. The molecule has 0 bridgehead atoms. The van der Waals surface area contributed by atoms with Crippen molar-refractivity contribution in [2.75, 3.05) is 6.61 Å². The van der Waals surface area contributed by atoms with Crippen molar-refractivity contribution in [1.29, 1.82) is 0 Å². The number of hydrogen-bond acceptors (Lipinski definition) is 4. The summed E-state index contributed by atoms with van der Waals surface area (Å²) in [5.74, 6) is 1.81. The highest BCUT2D eigenvalue weighted by Gasteiger charge is 2.42. The van der Waals surface area contributed by atoms with Crippen LogP contribution < -0.4 is 0 Å². The molecule has 0 saturated carbocycles. The Kier molecular flexibility index (Phi) is 5.72. The predicted molar refractivity (Wildman–Crippen MR) is 78.4 cm³/mol. The number of nitrogens with zero attached hydrogens (tertiary/aromatic N) is 3. The van der Waals surface area contributed by atoms with Gasteiger partial charge in [-0.25, -0.2) is 4.98 Å². The van der Waals surface area contributed by atoms with Gasteiger partial charge in [0.25, 0.3) is 0 Å². The summed E-state index contributed by atoms with van der Waals surface area (Å²) in [6, 6.07) is 0. The van der Waals surface area contributed by atoms with Crippen molar-refractivity contribution >= 4 is 5.97 Å². The zero-order valence-electron chi connectivity index (χ0n) is 13.6. The predicted octanol–water partition coefficient (Wildman–Crippen LogP) is 2.63. The van der Waals surface area contributed by atoms with Gasteiger partial charge in [-0.2, -0.15) is 5.10 Å². The number of aromatic nitrogens is 3. The van der Waals surface area contributed by atoms with Crippen LogP contribution in [0.5, 0.6) is 0 Å². The first-order valence-electron chi connectivity index (χ1n) is 7.48. The van der Waals surface area contributed by atoms with Crippen molar-refractivity contribution in [1.82, 2.24) is 14.8 Å². The molecule has 5 heteroatoms. The van der Waals surface area contributed by atoms with E-state index < -0.39 is 5.41 Å². The molecule has 5 nitrogen and oxygen atoms in total. The Hall–Kier alpha value is -1.39. The molecule has 1 rings (SSSR count). The maximum absolute atomic E-state index is 12.4. The van der Waals surface area contributed by atoms with Crippen LogP contribution in [-0.4, -0.2) is 27.3 Å². The minimum atomic E-state index is -0.688. The molecule has 20 heavy (non-hydrogen) atoms. The molecule has 0 aliphatic rings. The lowest BCUT2D eigenvalue weighted by Crippen LogP contribution is -2.39. The maximum atomic E-state index is 12.4. The highest BCUT2D eigenvalue weighted by Crippen LogP contribution is 2.32. The summed E-state index contributed by atoms with van der Waals surface area (Å²) in [6.45, 7) is 10.5. The van der Waals surface area contributed by atoms with Crippen LogP contribution in [0.1, 0.15) is 59.1 Å². The zero-order chi connectivity index (χ0) is 15.3. The van der Waals surface area contributed by atoms with E-state index in [0.717, 1.165) is 18.1 Å². The molecule has 0 aromatic carbocycles. The third kappa shape index (κ3) is 3.19. The summed E-state index contributed by atoms with van der Waals surface area (Å²) in [5, 5.41) is 4.45. The van der Waals surface area contributed by atoms with Gasteiger partial charge >= 0.3 is 5.97 Å². The lowest BCUT2D eigenvalue weighted by Gasteiger charge is -2.27. The van der Waals surface area contributed by atoms with Gasteiger partial charge in [-0.3, -0.25) is 9.48 Å². The summed E-state index contributed by atoms with van der Waals surface area (Å²) in [6.07, 6.45) is 2.14. The fourth-order valence-corrected chi connectivity index (χ4v) is 2.52. The molecule has 1 aromatic heterocycles.